The molecule has 168 valence electrons. The lowest BCUT2D eigenvalue weighted by Gasteiger charge is -2.30. The second-order valence-electron chi connectivity index (χ2n) is 8.65. The smallest absolute Gasteiger partial charge is 0.264 e. The Kier molecular flexibility index (Phi) is 5.19. The Morgan fingerprint density at radius 3 is 2.78 bits per heavy atom. The first-order valence-corrected chi connectivity index (χ1v) is 11.1. The predicted octanol–water partition coefficient (Wildman–Crippen LogP) is 3.22. The Bertz CT molecular complexity index is 1370. The lowest BCUT2D eigenvalue weighted by molar-refractivity contribution is 0.567. The summed E-state index contributed by atoms with van der Waals surface area (Å²) in [6, 6.07) is 4.66. The summed E-state index contributed by atoms with van der Waals surface area (Å²) in [5, 5.41) is 9.95. The number of aromatic amines is 1. The molecule has 10 heteroatoms. The zero-order chi connectivity index (χ0) is 21.3. The Morgan fingerprint density at radius 1 is 1.12 bits per heavy atom. The molecule has 2 N–H and O–H groups in total. The Hall–Kier alpha value is -2.55. The van der Waals surface area contributed by atoms with Crippen LogP contribution in [-0.2, 0) is 14.1 Å². The molecule has 0 unspecified atom stereocenters. The molecule has 5 heterocycles. The molecule has 8 nitrogen and oxygen atoms in total. The SMILES string of the molecule is Cl.Cn1cc2c(Cl)c(-c3c[nH]c4nc(N5[C@@H]6CCNC[C@H]5CC6)n(C)c(=O)c34)ccc2n1. The van der Waals surface area contributed by atoms with Crippen LogP contribution in [0.5, 0.6) is 0 Å². The van der Waals surface area contributed by atoms with Crippen LogP contribution in [0.15, 0.2) is 29.3 Å². The van der Waals surface area contributed by atoms with Gasteiger partial charge in [0.2, 0.25) is 5.95 Å². The van der Waals surface area contributed by atoms with Crippen molar-refractivity contribution in [3.8, 4) is 11.1 Å². The van der Waals surface area contributed by atoms with Crippen molar-refractivity contribution < 1.29 is 0 Å². The van der Waals surface area contributed by atoms with Crippen LogP contribution in [0.1, 0.15) is 19.3 Å². The van der Waals surface area contributed by atoms with Crippen molar-refractivity contribution in [1.82, 2.24) is 29.6 Å². The normalized spacial score (nSPS) is 20.7. The average Bonchev–Trinajstić information content (AvgIpc) is 3.39. The molecule has 0 radical (unpaired) electrons. The van der Waals surface area contributed by atoms with E-state index in [0.29, 0.717) is 28.1 Å². The molecule has 3 aromatic heterocycles. The number of halogens is 2. The highest BCUT2D eigenvalue weighted by Gasteiger charge is 2.37. The first-order chi connectivity index (χ1) is 15.0. The zero-order valence-corrected chi connectivity index (χ0v) is 19.5. The molecule has 2 bridgehead atoms. The van der Waals surface area contributed by atoms with E-state index >= 15 is 0 Å². The van der Waals surface area contributed by atoms with Crippen molar-refractivity contribution in [2.24, 2.45) is 14.1 Å². The molecular formula is C22H25Cl2N7O. The third kappa shape index (κ3) is 3.04. The van der Waals surface area contributed by atoms with Crippen molar-refractivity contribution in [3.63, 3.8) is 0 Å². The van der Waals surface area contributed by atoms with Gasteiger partial charge in [0.05, 0.1) is 15.9 Å². The number of anilines is 1. The molecule has 2 atom stereocenters. The van der Waals surface area contributed by atoms with Gasteiger partial charge in [0.25, 0.3) is 5.56 Å². The van der Waals surface area contributed by atoms with Crippen LogP contribution in [0.3, 0.4) is 0 Å². The van der Waals surface area contributed by atoms with E-state index in [1.165, 1.54) is 0 Å². The highest BCUT2D eigenvalue weighted by molar-refractivity contribution is 6.38. The molecule has 0 spiro atoms. The maximum atomic E-state index is 13.5. The molecule has 2 aliphatic rings. The minimum absolute atomic E-state index is 0. The monoisotopic (exact) mass is 473 g/mol. The number of hydrogen-bond donors (Lipinski definition) is 2. The van der Waals surface area contributed by atoms with E-state index in [1.54, 1.807) is 9.25 Å². The van der Waals surface area contributed by atoms with Crippen molar-refractivity contribution in [1.29, 1.82) is 0 Å². The molecule has 32 heavy (non-hydrogen) atoms. The van der Waals surface area contributed by atoms with Gasteiger partial charge in [-0.25, -0.2) is 0 Å². The number of rotatable bonds is 2. The molecular weight excluding hydrogens is 449 g/mol. The second kappa shape index (κ2) is 7.79. The maximum absolute atomic E-state index is 13.5. The van der Waals surface area contributed by atoms with Gasteiger partial charge in [0, 0.05) is 61.6 Å². The molecule has 6 rings (SSSR count). The number of hydrogen-bond acceptors (Lipinski definition) is 5. The largest absolute Gasteiger partial charge is 0.345 e. The van der Waals surface area contributed by atoms with Crippen LogP contribution >= 0.6 is 24.0 Å². The van der Waals surface area contributed by atoms with Gasteiger partial charge in [-0.3, -0.25) is 14.0 Å². The van der Waals surface area contributed by atoms with Crippen LogP contribution in [-0.4, -0.2) is 49.5 Å². The first-order valence-electron chi connectivity index (χ1n) is 10.7. The van der Waals surface area contributed by atoms with Crippen LogP contribution in [0.4, 0.5) is 5.95 Å². The fourth-order valence-corrected chi connectivity index (χ4v) is 5.60. The number of H-pyrrole nitrogens is 1. The van der Waals surface area contributed by atoms with E-state index in [2.05, 4.69) is 20.3 Å². The summed E-state index contributed by atoms with van der Waals surface area (Å²) in [6.07, 6.45) is 7.08. The zero-order valence-electron chi connectivity index (χ0n) is 17.9. The Balaban J connectivity index is 0.00000216. The summed E-state index contributed by atoms with van der Waals surface area (Å²) < 4.78 is 3.44. The molecule has 2 fully saturated rings. The third-order valence-electron chi connectivity index (χ3n) is 6.80. The lowest BCUT2D eigenvalue weighted by atomic mass is 10.0. The van der Waals surface area contributed by atoms with Crippen molar-refractivity contribution in [3.05, 3.63) is 39.9 Å². The summed E-state index contributed by atoms with van der Waals surface area (Å²) in [6.45, 7) is 1.94. The van der Waals surface area contributed by atoms with Gasteiger partial charge in [0.15, 0.2) is 0 Å². The highest BCUT2D eigenvalue weighted by Crippen LogP contribution is 2.37. The van der Waals surface area contributed by atoms with E-state index in [9.17, 15) is 4.79 Å². The minimum Gasteiger partial charge on any atom is -0.345 e. The van der Waals surface area contributed by atoms with E-state index in [0.717, 1.165) is 60.3 Å². The molecule has 0 aliphatic carbocycles. The number of nitrogens with one attached hydrogen (secondary N) is 2. The van der Waals surface area contributed by atoms with Crippen molar-refractivity contribution >= 4 is 51.9 Å². The highest BCUT2D eigenvalue weighted by atomic mass is 35.5. The van der Waals surface area contributed by atoms with Gasteiger partial charge in [-0.2, -0.15) is 10.1 Å². The summed E-state index contributed by atoms with van der Waals surface area (Å²) in [5.41, 5.74) is 2.95. The molecule has 4 aromatic rings. The second-order valence-corrected chi connectivity index (χ2v) is 9.03. The lowest BCUT2D eigenvalue weighted by Crippen LogP contribution is -2.41. The number of aromatic nitrogens is 5. The van der Waals surface area contributed by atoms with Crippen LogP contribution in [0, 0.1) is 0 Å². The van der Waals surface area contributed by atoms with Crippen LogP contribution in [0.25, 0.3) is 33.1 Å². The predicted molar refractivity (Wildman–Crippen MR) is 130 cm³/mol. The Morgan fingerprint density at radius 2 is 1.94 bits per heavy atom. The van der Waals surface area contributed by atoms with E-state index in [1.807, 2.05) is 38.6 Å². The number of benzene rings is 1. The number of fused-ring (bicyclic) bond motifs is 4. The van der Waals surface area contributed by atoms with E-state index in [-0.39, 0.29) is 18.0 Å². The van der Waals surface area contributed by atoms with Gasteiger partial charge in [0.1, 0.15) is 5.65 Å². The maximum Gasteiger partial charge on any atom is 0.264 e. The van der Waals surface area contributed by atoms with Gasteiger partial charge >= 0.3 is 0 Å². The topological polar surface area (TPSA) is 83.8 Å². The molecule has 2 aliphatic heterocycles. The minimum atomic E-state index is -0.0600. The quantitative estimate of drug-likeness (QED) is 0.466. The van der Waals surface area contributed by atoms with Crippen LogP contribution < -0.4 is 15.8 Å². The number of nitrogens with zero attached hydrogens (tertiary/aromatic N) is 5. The molecule has 0 amide bonds. The fourth-order valence-electron chi connectivity index (χ4n) is 5.29. The van der Waals surface area contributed by atoms with Gasteiger partial charge in [-0.15, -0.1) is 12.4 Å². The summed E-state index contributed by atoms with van der Waals surface area (Å²) >= 11 is 6.74. The number of aryl methyl sites for hydroxylation is 1. The van der Waals surface area contributed by atoms with Crippen molar-refractivity contribution in [2.45, 2.75) is 31.3 Å². The van der Waals surface area contributed by atoms with Gasteiger partial charge in [-0.05, 0) is 31.9 Å². The standard InChI is InChI=1S/C22H24ClN7O.ClH/c1-28-11-16-17(27-28)6-5-14(19(16)23)15-10-25-20-18(15)21(31)29(2)22(26-20)30-12-3-4-13(30)9-24-8-7-12;/h5-6,10-13,24-25H,3-4,7-9H2,1-2H3;1H/t12-,13+;/m0./s1. The summed E-state index contributed by atoms with van der Waals surface area (Å²) in [7, 11) is 3.69. The van der Waals surface area contributed by atoms with Gasteiger partial charge < -0.3 is 15.2 Å². The van der Waals surface area contributed by atoms with E-state index in [4.69, 9.17) is 16.6 Å². The van der Waals surface area contributed by atoms with Crippen molar-refractivity contribution in [2.75, 3.05) is 18.0 Å². The average molecular weight is 474 g/mol. The molecule has 0 saturated carbocycles. The summed E-state index contributed by atoms with van der Waals surface area (Å²) in [5.74, 6) is 0.746. The summed E-state index contributed by atoms with van der Waals surface area (Å²) in [4.78, 5) is 24.1. The molecule has 1 aromatic carbocycles. The van der Waals surface area contributed by atoms with Gasteiger partial charge in [-0.1, -0.05) is 17.7 Å². The Labute approximate surface area is 196 Å². The van der Waals surface area contributed by atoms with Crippen LogP contribution in [0.2, 0.25) is 5.02 Å². The third-order valence-corrected chi connectivity index (χ3v) is 7.21. The van der Waals surface area contributed by atoms with E-state index < -0.39 is 0 Å². The molecule has 2 saturated heterocycles. The fraction of sp³-hybridized carbons (Fsp3) is 0.409. The first kappa shape index (κ1) is 21.3.